The Bertz CT molecular complexity index is 923. The van der Waals surface area contributed by atoms with Gasteiger partial charge in [-0.2, -0.15) is 0 Å². The highest BCUT2D eigenvalue weighted by Gasteiger charge is 2.26. The zero-order valence-corrected chi connectivity index (χ0v) is 16.7. The van der Waals surface area contributed by atoms with E-state index in [1.54, 1.807) is 0 Å². The molecule has 27 heavy (non-hydrogen) atoms. The Kier molecular flexibility index (Phi) is 5.64. The Labute approximate surface area is 161 Å². The van der Waals surface area contributed by atoms with E-state index in [1.165, 1.54) is 11.1 Å². The van der Waals surface area contributed by atoms with Crippen LogP contribution in [0.4, 0.5) is 0 Å². The molecule has 0 amide bonds. The monoisotopic (exact) mass is 364 g/mol. The summed E-state index contributed by atoms with van der Waals surface area (Å²) >= 11 is 0. The number of hydrogen-bond acceptors (Lipinski definition) is 3. The maximum Gasteiger partial charge on any atom is 0.306 e. The lowest BCUT2D eigenvalue weighted by atomic mass is 9.85. The summed E-state index contributed by atoms with van der Waals surface area (Å²) in [6.45, 7) is 9.32. The lowest BCUT2D eigenvalue weighted by molar-refractivity contribution is -0.145. The zero-order chi connectivity index (χ0) is 19.4. The third kappa shape index (κ3) is 4.76. The molecular weight excluding hydrogens is 336 g/mol. The van der Waals surface area contributed by atoms with Crippen LogP contribution in [0.25, 0.3) is 11.0 Å². The lowest BCUT2D eigenvalue weighted by Gasteiger charge is -2.23. The molecule has 1 aromatic heterocycles. The first-order valence-electron chi connectivity index (χ1n) is 9.53. The topological polar surface area (TPSA) is 44.1 Å². The van der Waals surface area contributed by atoms with Gasteiger partial charge in [0, 0.05) is 13.0 Å². The summed E-state index contributed by atoms with van der Waals surface area (Å²) in [4.78, 5) is 16.9. The van der Waals surface area contributed by atoms with Crippen LogP contribution in [-0.4, -0.2) is 22.1 Å². The number of carbonyl (C=O) groups is 1. The van der Waals surface area contributed by atoms with Crippen LogP contribution in [0.5, 0.6) is 0 Å². The molecule has 0 radical (unpaired) electrons. The minimum atomic E-state index is -0.224. The summed E-state index contributed by atoms with van der Waals surface area (Å²) in [5, 5.41) is 0. The second kappa shape index (κ2) is 7.95. The number of nitrogens with zero attached hydrogens (tertiary/aromatic N) is 2. The van der Waals surface area contributed by atoms with E-state index in [2.05, 4.69) is 55.7 Å². The van der Waals surface area contributed by atoms with Gasteiger partial charge in [0.2, 0.25) is 0 Å². The maximum absolute atomic E-state index is 12.0. The van der Waals surface area contributed by atoms with Gasteiger partial charge >= 0.3 is 5.97 Å². The first kappa shape index (κ1) is 19.2. The average molecular weight is 364 g/mol. The lowest BCUT2D eigenvalue weighted by Crippen LogP contribution is -2.23. The quantitative estimate of drug-likeness (QED) is 0.559. The van der Waals surface area contributed by atoms with Crippen LogP contribution >= 0.6 is 0 Å². The summed E-state index contributed by atoms with van der Waals surface area (Å²) in [5.74, 6) is 0.856. The molecule has 0 fully saturated rings. The van der Waals surface area contributed by atoms with Gasteiger partial charge in [0.15, 0.2) is 0 Å². The largest absolute Gasteiger partial charge is 0.466 e. The van der Waals surface area contributed by atoms with Crippen molar-refractivity contribution in [2.75, 3.05) is 6.61 Å². The van der Waals surface area contributed by atoms with Gasteiger partial charge in [-0.05, 0) is 37.0 Å². The van der Waals surface area contributed by atoms with Crippen molar-refractivity contribution in [1.82, 2.24) is 9.55 Å². The van der Waals surface area contributed by atoms with Crippen molar-refractivity contribution in [2.45, 2.75) is 47.1 Å². The standard InChI is InChI=1S/C23H28N2O2/c1-5-27-22(26)15-23(3,4)14-21-24-19-8-6-7-9-20(19)25(21)16-18-12-10-17(2)11-13-18/h6-13H,5,14-16H2,1-4H3. The zero-order valence-electron chi connectivity index (χ0n) is 16.7. The molecule has 0 N–H and O–H groups in total. The van der Waals surface area contributed by atoms with Crippen LogP contribution < -0.4 is 0 Å². The van der Waals surface area contributed by atoms with Crippen LogP contribution in [0.3, 0.4) is 0 Å². The van der Waals surface area contributed by atoms with Gasteiger partial charge in [-0.15, -0.1) is 0 Å². The molecule has 0 atom stereocenters. The molecule has 1 heterocycles. The van der Waals surface area contributed by atoms with E-state index in [0.717, 1.165) is 23.4 Å². The van der Waals surface area contributed by atoms with Gasteiger partial charge < -0.3 is 9.30 Å². The SMILES string of the molecule is CCOC(=O)CC(C)(C)Cc1nc2ccccc2n1Cc1ccc(C)cc1. The van der Waals surface area contributed by atoms with Gasteiger partial charge in [0.25, 0.3) is 0 Å². The highest BCUT2D eigenvalue weighted by atomic mass is 16.5. The van der Waals surface area contributed by atoms with Crippen molar-refractivity contribution in [3.05, 3.63) is 65.5 Å². The third-order valence-electron chi connectivity index (χ3n) is 4.76. The number of esters is 1. The molecule has 0 aliphatic carbocycles. The van der Waals surface area contributed by atoms with Crippen molar-refractivity contribution >= 4 is 17.0 Å². The number of benzene rings is 2. The van der Waals surface area contributed by atoms with E-state index in [0.29, 0.717) is 19.4 Å². The van der Waals surface area contributed by atoms with Gasteiger partial charge in [-0.1, -0.05) is 55.8 Å². The molecule has 0 saturated carbocycles. The Morgan fingerprint density at radius 3 is 2.52 bits per heavy atom. The minimum Gasteiger partial charge on any atom is -0.466 e. The predicted octanol–water partition coefficient (Wildman–Crippen LogP) is 4.91. The van der Waals surface area contributed by atoms with E-state index < -0.39 is 0 Å². The number of ether oxygens (including phenoxy) is 1. The molecule has 0 unspecified atom stereocenters. The Morgan fingerprint density at radius 2 is 1.81 bits per heavy atom. The molecule has 0 spiro atoms. The van der Waals surface area contributed by atoms with Crippen molar-refractivity contribution in [3.8, 4) is 0 Å². The molecule has 3 aromatic rings. The fourth-order valence-corrected chi connectivity index (χ4v) is 3.41. The summed E-state index contributed by atoms with van der Waals surface area (Å²) < 4.78 is 7.42. The van der Waals surface area contributed by atoms with E-state index in [9.17, 15) is 4.79 Å². The second-order valence-electron chi connectivity index (χ2n) is 7.91. The number of rotatable bonds is 7. The van der Waals surface area contributed by atoms with Crippen LogP contribution in [-0.2, 0) is 22.5 Å². The molecule has 0 aliphatic rings. The van der Waals surface area contributed by atoms with E-state index in [1.807, 2.05) is 25.1 Å². The van der Waals surface area contributed by atoms with Crippen LogP contribution in [0, 0.1) is 12.3 Å². The number of imidazole rings is 1. The number of aromatic nitrogens is 2. The van der Waals surface area contributed by atoms with Crippen molar-refractivity contribution in [2.24, 2.45) is 5.41 Å². The first-order chi connectivity index (χ1) is 12.9. The Hall–Kier alpha value is -2.62. The van der Waals surface area contributed by atoms with E-state index in [-0.39, 0.29) is 11.4 Å². The molecule has 142 valence electrons. The third-order valence-corrected chi connectivity index (χ3v) is 4.76. The molecule has 0 aliphatic heterocycles. The van der Waals surface area contributed by atoms with E-state index in [4.69, 9.17) is 9.72 Å². The molecule has 2 aromatic carbocycles. The number of aryl methyl sites for hydroxylation is 1. The number of fused-ring (bicyclic) bond motifs is 1. The molecule has 3 rings (SSSR count). The fourth-order valence-electron chi connectivity index (χ4n) is 3.41. The summed E-state index contributed by atoms with van der Waals surface area (Å²) in [5.41, 5.74) is 4.39. The number of hydrogen-bond donors (Lipinski definition) is 0. The number of para-hydroxylation sites is 2. The van der Waals surface area contributed by atoms with Crippen molar-refractivity contribution in [3.63, 3.8) is 0 Å². The Morgan fingerprint density at radius 1 is 1.11 bits per heavy atom. The van der Waals surface area contributed by atoms with E-state index >= 15 is 0 Å². The molecule has 4 nitrogen and oxygen atoms in total. The van der Waals surface area contributed by atoms with Gasteiger partial charge in [-0.3, -0.25) is 4.79 Å². The summed E-state index contributed by atoms with van der Waals surface area (Å²) in [7, 11) is 0. The average Bonchev–Trinajstić information content (AvgIpc) is 2.93. The van der Waals surface area contributed by atoms with Crippen LogP contribution in [0.1, 0.15) is 44.1 Å². The van der Waals surface area contributed by atoms with Crippen LogP contribution in [0.15, 0.2) is 48.5 Å². The van der Waals surface area contributed by atoms with Gasteiger partial charge in [0.1, 0.15) is 5.82 Å². The summed E-state index contributed by atoms with van der Waals surface area (Å²) in [6.07, 6.45) is 1.10. The van der Waals surface area contributed by atoms with Gasteiger partial charge in [0.05, 0.1) is 24.1 Å². The molecule has 4 heteroatoms. The van der Waals surface area contributed by atoms with Gasteiger partial charge in [-0.25, -0.2) is 4.98 Å². The number of carbonyl (C=O) groups excluding carboxylic acids is 1. The van der Waals surface area contributed by atoms with Crippen molar-refractivity contribution in [1.29, 1.82) is 0 Å². The highest BCUT2D eigenvalue weighted by Crippen LogP contribution is 2.29. The maximum atomic E-state index is 12.0. The predicted molar refractivity (Wildman–Crippen MR) is 109 cm³/mol. The highest BCUT2D eigenvalue weighted by molar-refractivity contribution is 5.76. The first-order valence-corrected chi connectivity index (χ1v) is 9.53. The Balaban J connectivity index is 1.92. The smallest absolute Gasteiger partial charge is 0.306 e. The normalized spacial score (nSPS) is 11.7. The fraction of sp³-hybridized carbons (Fsp3) is 0.391. The van der Waals surface area contributed by atoms with Crippen molar-refractivity contribution < 1.29 is 9.53 Å². The molecule has 0 bridgehead atoms. The minimum absolute atomic E-state index is 0.149. The summed E-state index contributed by atoms with van der Waals surface area (Å²) in [6, 6.07) is 16.8. The van der Waals surface area contributed by atoms with Crippen LogP contribution in [0.2, 0.25) is 0 Å². The molecule has 0 saturated heterocycles. The second-order valence-corrected chi connectivity index (χ2v) is 7.91. The molecular formula is C23H28N2O2.